The van der Waals surface area contributed by atoms with E-state index in [1.54, 1.807) is 0 Å². The Labute approximate surface area is 96.8 Å². The summed E-state index contributed by atoms with van der Waals surface area (Å²) in [4.78, 5) is 23.9. The summed E-state index contributed by atoms with van der Waals surface area (Å²) in [6.07, 6.45) is 10.1. The predicted octanol–water partition coefficient (Wildman–Crippen LogP) is 3.04. The summed E-state index contributed by atoms with van der Waals surface area (Å²) in [6.45, 7) is 0. The van der Waals surface area contributed by atoms with Gasteiger partial charge in [-0.2, -0.15) is 0 Å². The van der Waals surface area contributed by atoms with Crippen LogP contribution in [0.15, 0.2) is 0 Å². The van der Waals surface area contributed by atoms with E-state index in [0.717, 1.165) is 25.7 Å². The molecule has 0 N–H and O–H groups in total. The number of Topliss-reactive ketones (excluding diaryl/α,β-unsaturated/α-hetero) is 2. The van der Waals surface area contributed by atoms with Gasteiger partial charge in [-0.15, -0.1) is 0 Å². The number of hydrogen-bond acceptors (Lipinski definition) is 2. The average Bonchev–Trinajstić information content (AvgIpc) is 2.75. The highest BCUT2D eigenvalue weighted by molar-refractivity contribution is 5.94. The van der Waals surface area contributed by atoms with Gasteiger partial charge in [0, 0.05) is 24.7 Å². The minimum atomic E-state index is -0.209. The second-order valence-corrected chi connectivity index (χ2v) is 6.33. The molecule has 0 saturated heterocycles. The molecule has 0 amide bonds. The second kappa shape index (κ2) is 3.41. The number of ketones is 2. The highest BCUT2D eigenvalue weighted by Gasteiger charge is 2.55. The zero-order chi connectivity index (χ0) is 11.2. The van der Waals surface area contributed by atoms with Crippen LogP contribution >= 0.6 is 0 Å². The molecule has 0 radical (unpaired) electrons. The van der Waals surface area contributed by atoms with Gasteiger partial charge in [0.25, 0.3) is 0 Å². The van der Waals surface area contributed by atoms with Crippen LogP contribution < -0.4 is 0 Å². The van der Waals surface area contributed by atoms with Crippen molar-refractivity contribution in [1.82, 2.24) is 0 Å². The SMILES string of the molecule is O=C1CCC[C@]2(C1)CC1(CCCC1)CC2=O. The summed E-state index contributed by atoms with van der Waals surface area (Å²) in [5.74, 6) is 0.747. The molecule has 16 heavy (non-hydrogen) atoms. The summed E-state index contributed by atoms with van der Waals surface area (Å²) in [5.41, 5.74) is 0.106. The summed E-state index contributed by atoms with van der Waals surface area (Å²) in [7, 11) is 0. The van der Waals surface area contributed by atoms with Crippen LogP contribution in [0.3, 0.4) is 0 Å². The van der Waals surface area contributed by atoms with Crippen molar-refractivity contribution >= 4 is 11.6 Å². The Hall–Kier alpha value is -0.660. The van der Waals surface area contributed by atoms with E-state index < -0.39 is 0 Å². The van der Waals surface area contributed by atoms with E-state index in [2.05, 4.69) is 0 Å². The highest BCUT2D eigenvalue weighted by atomic mass is 16.1. The van der Waals surface area contributed by atoms with Crippen LogP contribution in [-0.2, 0) is 9.59 Å². The van der Waals surface area contributed by atoms with E-state index in [-0.39, 0.29) is 5.41 Å². The Bertz CT molecular complexity index is 339. The van der Waals surface area contributed by atoms with Gasteiger partial charge in [-0.05, 0) is 37.5 Å². The Morgan fingerprint density at radius 2 is 1.62 bits per heavy atom. The molecule has 2 spiro atoms. The molecule has 0 aromatic heterocycles. The fourth-order valence-electron chi connectivity index (χ4n) is 4.45. The Balaban J connectivity index is 1.86. The monoisotopic (exact) mass is 220 g/mol. The van der Waals surface area contributed by atoms with Gasteiger partial charge in [0.15, 0.2) is 0 Å². The molecule has 0 aliphatic heterocycles. The second-order valence-electron chi connectivity index (χ2n) is 6.33. The number of hydrogen-bond donors (Lipinski definition) is 0. The first-order valence-corrected chi connectivity index (χ1v) is 6.69. The molecule has 3 fully saturated rings. The first-order chi connectivity index (χ1) is 7.64. The molecule has 0 aromatic rings. The highest BCUT2D eigenvalue weighted by Crippen LogP contribution is 2.59. The van der Waals surface area contributed by atoms with Gasteiger partial charge in [0.05, 0.1) is 0 Å². The fourth-order valence-corrected chi connectivity index (χ4v) is 4.45. The molecule has 0 aromatic carbocycles. The van der Waals surface area contributed by atoms with Crippen molar-refractivity contribution in [3.05, 3.63) is 0 Å². The largest absolute Gasteiger partial charge is 0.300 e. The molecule has 0 unspecified atom stereocenters. The van der Waals surface area contributed by atoms with Crippen molar-refractivity contribution in [1.29, 1.82) is 0 Å². The summed E-state index contributed by atoms with van der Waals surface area (Å²) in [6, 6.07) is 0. The molecule has 3 aliphatic carbocycles. The Morgan fingerprint density at radius 3 is 2.31 bits per heavy atom. The Kier molecular flexibility index (Phi) is 2.24. The first-order valence-electron chi connectivity index (χ1n) is 6.69. The third kappa shape index (κ3) is 1.46. The first kappa shape index (κ1) is 10.5. The van der Waals surface area contributed by atoms with Gasteiger partial charge >= 0.3 is 0 Å². The summed E-state index contributed by atoms with van der Waals surface area (Å²) in [5, 5.41) is 0. The normalized spacial score (nSPS) is 37.8. The van der Waals surface area contributed by atoms with Crippen molar-refractivity contribution in [2.45, 2.75) is 64.2 Å². The molecule has 3 rings (SSSR count). The lowest BCUT2D eigenvalue weighted by molar-refractivity contribution is -0.134. The van der Waals surface area contributed by atoms with Crippen molar-refractivity contribution in [3.8, 4) is 0 Å². The molecule has 1 atom stereocenters. The van der Waals surface area contributed by atoms with Crippen molar-refractivity contribution in [2.24, 2.45) is 10.8 Å². The van der Waals surface area contributed by atoms with Crippen molar-refractivity contribution in [2.75, 3.05) is 0 Å². The Morgan fingerprint density at radius 1 is 0.875 bits per heavy atom. The zero-order valence-corrected chi connectivity index (χ0v) is 9.89. The molecular formula is C14H20O2. The van der Waals surface area contributed by atoms with Crippen LogP contribution in [0, 0.1) is 10.8 Å². The molecule has 2 nitrogen and oxygen atoms in total. The summed E-state index contributed by atoms with van der Waals surface area (Å²) >= 11 is 0. The smallest absolute Gasteiger partial charge is 0.140 e. The van der Waals surface area contributed by atoms with Gasteiger partial charge in [0.1, 0.15) is 11.6 Å². The number of rotatable bonds is 0. The molecule has 88 valence electrons. The van der Waals surface area contributed by atoms with Crippen molar-refractivity contribution < 1.29 is 9.59 Å². The van der Waals surface area contributed by atoms with Crippen LogP contribution in [0.25, 0.3) is 0 Å². The van der Waals surface area contributed by atoms with E-state index in [9.17, 15) is 9.59 Å². The van der Waals surface area contributed by atoms with Gasteiger partial charge in [0.2, 0.25) is 0 Å². The van der Waals surface area contributed by atoms with Crippen LogP contribution in [0.4, 0.5) is 0 Å². The quantitative estimate of drug-likeness (QED) is 0.628. The topological polar surface area (TPSA) is 34.1 Å². The van der Waals surface area contributed by atoms with E-state index in [4.69, 9.17) is 0 Å². The van der Waals surface area contributed by atoms with Crippen LogP contribution in [0.5, 0.6) is 0 Å². The van der Waals surface area contributed by atoms with E-state index in [1.165, 1.54) is 25.7 Å². The van der Waals surface area contributed by atoms with Crippen LogP contribution in [-0.4, -0.2) is 11.6 Å². The molecule has 0 heterocycles. The maximum absolute atomic E-state index is 12.3. The third-order valence-corrected chi connectivity index (χ3v) is 5.15. The lowest BCUT2D eigenvalue weighted by Gasteiger charge is -2.33. The third-order valence-electron chi connectivity index (χ3n) is 5.15. The van der Waals surface area contributed by atoms with E-state index in [0.29, 0.717) is 29.8 Å². The molecule has 3 saturated carbocycles. The summed E-state index contributed by atoms with van der Waals surface area (Å²) < 4.78 is 0. The van der Waals surface area contributed by atoms with Gasteiger partial charge in [-0.3, -0.25) is 9.59 Å². The number of carbonyl (C=O) groups excluding carboxylic acids is 2. The lowest BCUT2D eigenvalue weighted by Crippen LogP contribution is -2.33. The minimum absolute atomic E-state index is 0.209. The molecular weight excluding hydrogens is 200 g/mol. The lowest BCUT2D eigenvalue weighted by atomic mass is 9.69. The predicted molar refractivity (Wildman–Crippen MR) is 61.1 cm³/mol. The number of carbonyl (C=O) groups is 2. The molecule has 0 bridgehead atoms. The molecule has 3 aliphatic rings. The zero-order valence-electron chi connectivity index (χ0n) is 9.89. The van der Waals surface area contributed by atoms with Crippen LogP contribution in [0.1, 0.15) is 64.2 Å². The van der Waals surface area contributed by atoms with Gasteiger partial charge in [-0.25, -0.2) is 0 Å². The van der Waals surface area contributed by atoms with Gasteiger partial charge < -0.3 is 0 Å². The van der Waals surface area contributed by atoms with E-state index in [1.807, 2.05) is 0 Å². The fraction of sp³-hybridized carbons (Fsp3) is 0.857. The van der Waals surface area contributed by atoms with Gasteiger partial charge in [-0.1, -0.05) is 12.8 Å². The van der Waals surface area contributed by atoms with Crippen molar-refractivity contribution in [3.63, 3.8) is 0 Å². The molecule has 2 heteroatoms. The van der Waals surface area contributed by atoms with E-state index >= 15 is 0 Å². The maximum Gasteiger partial charge on any atom is 0.140 e. The standard InChI is InChI=1S/C14H20O2/c15-11-4-3-7-14(8-11)10-13(9-12(14)16)5-1-2-6-13/h1-10H2/t14-/m0/s1. The average molecular weight is 220 g/mol. The minimum Gasteiger partial charge on any atom is -0.300 e. The van der Waals surface area contributed by atoms with Crippen LogP contribution in [0.2, 0.25) is 0 Å². The maximum atomic E-state index is 12.3.